The lowest BCUT2D eigenvalue weighted by Crippen LogP contribution is -2.14. The Morgan fingerprint density at radius 2 is 2.06 bits per heavy atom. The monoisotopic (exact) mass is 271 g/mol. The van der Waals surface area contributed by atoms with E-state index in [-0.39, 0.29) is 10.9 Å². The third-order valence-electron chi connectivity index (χ3n) is 2.17. The zero-order valence-corrected chi connectivity index (χ0v) is 10.3. The molecular formula is C10H10ClN3O2S. The van der Waals surface area contributed by atoms with Crippen LogP contribution in [0.5, 0.6) is 0 Å². The Morgan fingerprint density at radius 1 is 1.29 bits per heavy atom. The molecule has 7 heteroatoms. The summed E-state index contributed by atoms with van der Waals surface area (Å²) in [4.78, 5) is 0. The lowest BCUT2D eigenvalue weighted by molar-refractivity contribution is 0.597. The standard InChI is InChI=1S/C10H10ClN3O2S/c11-7-8-3-1-2-4-9(8)14-17(15,16)10-5-6-12-13-10/h1-6,14H,7H2,(H,12,13). The molecule has 0 saturated heterocycles. The molecule has 0 saturated carbocycles. The fraction of sp³-hybridized carbons (Fsp3) is 0.100. The molecule has 1 heterocycles. The molecule has 90 valence electrons. The fourth-order valence-electron chi connectivity index (χ4n) is 1.33. The Labute approximate surface area is 104 Å². The zero-order chi connectivity index (χ0) is 12.3. The van der Waals surface area contributed by atoms with Gasteiger partial charge in [0.1, 0.15) is 0 Å². The molecule has 0 aliphatic carbocycles. The number of hydrogen-bond acceptors (Lipinski definition) is 3. The van der Waals surface area contributed by atoms with E-state index in [0.717, 1.165) is 5.56 Å². The van der Waals surface area contributed by atoms with Crippen molar-refractivity contribution in [2.75, 3.05) is 4.72 Å². The molecule has 0 spiro atoms. The normalized spacial score (nSPS) is 11.4. The smallest absolute Gasteiger partial charge is 0.278 e. The van der Waals surface area contributed by atoms with Crippen molar-refractivity contribution in [2.24, 2.45) is 0 Å². The molecular weight excluding hydrogens is 262 g/mol. The predicted octanol–water partition coefficient (Wildman–Crippen LogP) is 1.95. The molecule has 0 aliphatic heterocycles. The Kier molecular flexibility index (Phi) is 3.35. The van der Waals surface area contributed by atoms with E-state index in [1.807, 2.05) is 0 Å². The van der Waals surface area contributed by atoms with Gasteiger partial charge in [-0.25, -0.2) is 0 Å². The molecule has 0 radical (unpaired) electrons. The topological polar surface area (TPSA) is 74.8 Å². The minimum Gasteiger partial charge on any atom is -0.278 e. The molecule has 2 N–H and O–H groups in total. The second-order valence-electron chi connectivity index (χ2n) is 3.32. The van der Waals surface area contributed by atoms with E-state index < -0.39 is 10.0 Å². The first-order valence-corrected chi connectivity index (χ1v) is 6.81. The van der Waals surface area contributed by atoms with Gasteiger partial charge in [-0.3, -0.25) is 9.82 Å². The van der Waals surface area contributed by atoms with Crippen LogP contribution in [0.3, 0.4) is 0 Å². The molecule has 0 bridgehead atoms. The van der Waals surface area contributed by atoms with Crippen LogP contribution in [0.2, 0.25) is 0 Å². The third-order valence-corrected chi connectivity index (χ3v) is 3.75. The van der Waals surface area contributed by atoms with Crippen molar-refractivity contribution in [3.63, 3.8) is 0 Å². The Morgan fingerprint density at radius 3 is 2.71 bits per heavy atom. The van der Waals surface area contributed by atoms with E-state index in [1.54, 1.807) is 24.3 Å². The summed E-state index contributed by atoms with van der Waals surface area (Å²) in [6.45, 7) is 0. The molecule has 5 nitrogen and oxygen atoms in total. The maximum Gasteiger partial charge on any atom is 0.278 e. The Balaban J connectivity index is 2.33. The van der Waals surface area contributed by atoms with Gasteiger partial charge in [0.05, 0.1) is 11.9 Å². The number of alkyl halides is 1. The number of sulfonamides is 1. The van der Waals surface area contributed by atoms with Crippen molar-refractivity contribution in [1.29, 1.82) is 0 Å². The van der Waals surface area contributed by atoms with E-state index in [1.165, 1.54) is 12.3 Å². The Bertz CT molecular complexity index is 596. The number of benzene rings is 1. The third kappa shape index (κ3) is 2.59. The van der Waals surface area contributed by atoms with E-state index >= 15 is 0 Å². The van der Waals surface area contributed by atoms with Gasteiger partial charge in [0.15, 0.2) is 5.03 Å². The van der Waals surface area contributed by atoms with Crippen LogP contribution >= 0.6 is 11.6 Å². The first-order valence-electron chi connectivity index (χ1n) is 4.79. The SMILES string of the molecule is O=S(=O)(Nc1ccccc1CCl)c1ccn[nH]1. The molecule has 2 rings (SSSR count). The highest BCUT2D eigenvalue weighted by Gasteiger charge is 2.16. The van der Waals surface area contributed by atoms with Crippen LogP contribution in [0.4, 0.5) is 5.69 Å². The number of hydrogen-bond donors (Lipinski definition) is 2. The summed E-state index contributed by atoms with van der Waals surface area (Å²) in [6, 6.07) is 8.33. The summed E-state index contributed by atoms with van der Waals surface area (Å²) >= 11 is 5.73. The number of aromatic nitrogens is 2. The number of nitrogens with one attached hydrogen (secondary N) is 2. The van der Waals surface area contributed by atoms with Crippen molar-refractivity contribution in [3.05, 3.63) is 42.1 Å². The average molecular weight is 272 g/mol. The highest BCUT2D eigenvalue weighted by molar-refractivity contribution is 7.92. The number of halogens is 1. The predicted molar refractivity (Wildman–Crippen MR) is 65.4 cm³/mol. The van der Waals surface area contributed by atoms with Gasteiger partial charge in [0, 0.05) is 5.88 Å². The second kappa shape index (κ2) is 4.77. The van der Waals surface area contributed by atoms with Crippen molar-refractivity contribution in [2.45, 2.75) is 10.9 Å². The van der Waals surface area contributed by atoms with Crippen LogP contribution in [0.15, 0.2) is 41.6 Å². The average Bonchev–Trinajstić information content (AvgIpc) is 2.83. The molecule has 0 fully saturated rings. The summed E-state index contributed by atoms with van der Waals surface area (Å²) in [5.74, 6) is 0.238. The summed E-state index contributed by atoms with van der Waals surface area (Å²) in [6.07, 6.45) is 1.38. The Hall–Kier alpha value is -1.53. The number of H-pyrrole nitrogens is 1. The molecule has 1 aromatic carbocycles. The quantitative estimate of drug-likeness (QED) is 0.835. The molecule has 0 atom stereocenters. The van der Waals surface area contributed by atoms with Gasteiger partial charge >= 0.3 is 0 Å². The van der Waals surface area contributed by atoms with E-state index in [2.05, 4.69) is 14.9 Å². The first kappa shape index (κ1) is 11.9. The van der Waals surface area contributed by atoms with Crippen LogP contribution < -0.4 is 4.72 Å². The molecule has 1 aromatic heterocycles. The molecule has 0 unspecified atom stereocenters. The maximum absolute atomic E-state index is 11.9. The van der Waals surface area contributed by atoms with E-state index in [0.29, 0.717) is 5.69 Å². The fourth-order valence-corrected chi connectivity index (χ4v) is 2.57. The van der Waals surface area contributed by atoms with E-state index in [9.17, 15) is 8.42 Å². The van der Waals surface area contributed by atoms with Crippen LogP contribution in [-0.4, -0.2) is 18.6 Å². The number of nitrogens with zero attached hydrogens (tertiary/aromatic N) is 1. The van der Waals surface area contributed by atoms with Crippen molar-refractivity contribution < 1.29 is 8.42 Å². The second-order valence-corrected chi connectivity index (χ2v) is 5.24. The van der Waals surface area contributed by atoms with Crippen LogP contribution in [-0.2, 0) is 15.9 Å². The van der Waals surface area contributed by atoms with Gasteiger partial charge in [-0.15, -0.1) is 11.6 Å². The molecule has 2 aromatic rings. The van der Waals surface area contributed by atoms with Gasteiger partial charge in [0.25, 0.3) is 10.0 Å². The van der Waals surface area contributed by atoms with Crippen molar-refractivity contribution >= 4 is 27.3 Å². The summed E-state index contributed by atoms with van der Waals surface area (Å²) in [5.41, 5.74) is 1.19. The summed E-state index contributed by atoms with van der Waals surface area (Å²) in [5, 5.41) is 6.02. The minimum absolute atomic E-state index is 0.0156. The van der Waals surface area contributed by atoms with Crippen molar-refractivity contribution in [1.82, 2.24) is 10.2 Å². The van der Waals surface area contributed by atoms with Crippen LogP contribution in [0.25, 0.3) is 0 Å². The molecule has 0 aliphatic rings. The van der Waals surface area contributed by atoms with Gasteiger partial charge < -0.3 is 0 Å². The summed E-state index contributed by atoms with van der Waals surface area (Å²) in [7, 11) is -3.63. The van der Waals surface area contributed by atoms with Gasteiger partial charge in [-0.2, -0.15) is 13.5 Å². The van der Waals surface area contributed by atoms with Gasteiger partial charge in [-0.1, -0.05) is 18.2 Å². The minimum atomic E-state index is -3.63. The lowest BCUT2D eigenvalue weighted by Gasteiger charge is -2.09. The molecule has 0 amide bonds. The number of para-hydroxylation sites is 1. The van der Waals surface area contributed by atoms with Crippen LogP contribution in [0.1, 0.15) is 5.56 Å². The number of anilines is 1. The lowest BCUT2D eigenvalue weighted by atomic mass is 10.2. The largest absolute Gasteiger partial charge is 0.278 e. The maximum atomic E-state index is 11.9. The number of rotatable bonds is 4. The highest BCUT2D eigenvalue weighted by atomic mass is 35.5. The highest BCUT2D eigenvalue weighted by Crippen LogP contribution is 2.20. The van der Waals surface area contributed by atoms with Crippen LogP contribution in [0, 0.1) is 0 Å². The number of aromatic amines is 1. The van der Waals surface area contributed by atoms with Gasteiger partial charge in [0.2, 0.25) is 0 Å². The van der Waals surface area contributed by atoms with Gasteiger partial charge in [-0.05, 0) is 17.7 Å². The molecule has 17 heavy (non-hydrogen) atoms. The zero-order valence-electron chi connectivity index (χ0n) is 8.72. The summed E-state index contributed by atoms with van der Waals surface area (Å²) < 4.78 is 26.3. The van der Waals surface area contributed by atoms with E-state index in [4.69, 9.17) is 11.6 Å². The van der Waals surface area contributed by atoms with Crippen molar-refractivity contribution in [3.8, 4) is 0 Å². The first-order chi connectivity index (χ1) is 8.13.